The highest BCUT2D eigenvalue weighted by atomic mass is 15.3. The van der Waals surface area contributed by atoms with E-state index in [9.17, 15) is 0 Å². The minimum Gasteiger partial charge on any atom is -0.294 e. The van der Waals surface area contributed by atoms with Gasteiger partial charge in [-0.15, -0.1) is 0 Å². The van der Waals surface area contributed by atoms with Gasteiger partial charge < -0.3 is 0 Å². The van der Waals surface area contributed by atoms with Gasteiger partial charge in [-0.25, -0.2) is 0 Å². The standard InChI is InChI=1S/C27H50N/c1-6-8-9-10-11-12-13-14-15-16-17-18-19-20-24-28(5,7-2)27-23-21-22-25(3)26(27)4/h21-23H,6-20,24H2,1-5H3/q+1. The van der Waals surface area contributed by atoms with E-state index in [0.29, 0.717) is 0 Å². The van der Waals surface area contributed by atoms with E-state index in [1.807, 2.05) is 0 Å². The molecule has 28 heavy (non-hydrogen) atoms. The average Bonchev–Trinajstić information content (AvgIpc) is 2.70. The van der Waals surface area contributed by atoms with Gasteiger partial charge in [0.15, 0.2) is 0 Å². The number of nitrogens with zero attached hydrogens (tertiary/aromatic N) is 1. The Kier molecular flexibility index (Phi) is 13.6. The molecule has 1 atom stereocenters. The second kappa shape index (κ2) is 15.1. The number of quaternary nitrogens is 1. The Morgan fingerprint density at radius 2 is 1.11 bits per heavy atom. The number of rotatable bonds is 17. The number of benzene rings is 1. The second-order valence-electron chi connectivity index (χ2n) is 9.25. The third kappa shape index (κ3) is 9.59. The number of aryl methyl sites for hydroxylation is 1. The first-order chi connectivity index (χ1) is 13.5. The van der Waals surface area contributed by atoms with Gasteiger partial charge in [-0.1, -0.05) is 96.1 Å². The summed E-state index contributed by atoms with van der Waals surface area (Å²) in [7, 11) is 2.42. The Morgan fingerprint density at radius 3 is 1.57 bits per heavy atom. The van der Waals surface area contributed by atoms with Gasteiger partial charge >= 0.3 is 0 Å². The van der Waals surface area contributed by atoms with Gasteiger partial charge in [0.25, 0.3) is 0 Å². The van der Waals surface area contributed by atoms with Crippen LogP contribution < -0.4 is 4.48 Å². The van der Waals surface area contributed by atoms with Crippen molar-refractivity contribution in [1.82, 2.24) is 4.48 Å². The van der Waals surface area contributed by atoms with Crippen molar-refractivity contribution in [2.24, 2.45) is 0 Å². The molecule has 0 saturated heterocycles. The van der Waals surface area contributed by atoms with Crippen molar-refractivity contribution in [2.45, 2.75) is 118 Å². The molecule has 0 aliphatic heterocycles. The van der Waals surface area contributed by atoms with Crippen molar-refractivity contribution in [1.29, 1.82) is 0 Å². The van der Waals surface area contributed by atoms with Crippen LogP contribution in [-0.4, -0.2) is 20.1 Å². The molecular weight excluding hydrogens is 338 g/mol. The van der Waals surface area contributed by atoms with Crippen molar-refractivity contribution in [3.8, 4) is 0 Å². The largest absolute Gasteiger partial charge is 0.294 e. The lowest BCUT2D eigenvalue weighted by atomic mass is 10.0. The monoisotopic (exact) mass is 388 g/mol. The molecule has 0 radical (unpaired) electrons. The van der Waals surface area contributed by atoms with Gasteiger partial charge in [-0.3, -0.25) is 4.48 Å². The Hall–Kier alpha value is -0.820. The zero-order valence-corrected chi connectivity index (χ0v) is 20.0. The molecule has 1 heteroatoms. The molecule has 162 valence electrons. The summed E-state index contributed by atoms with van der Waals surface area (Å²) in [6.07, 6.45) is 20.1. The summed E-state index contributed by atoms with van der Waals surface area (Å²) in [4.78, 5) is 0. The van der Waals surface area contributed by atoms with E-state index in [1.54, 1.807) is 0 Å². The fourth-order valence-electron chi connectivity index (χ4n) is 4.42. The van der Waals surface area contributed by atoms with Gasteiger partial charge in [-0.2, -0.15) is 0 Å². The van der Waals surface area contributed by atoms with E-state index in [4.69, 9.17) is 0 Å². The highest BCUT2D eigenvalue weighted by Gasteiger charge is 2.24. The summed E-state index contributed by atoms with van der Waals surface area (Å²) in [6.45, 7) is 11.6. The Morgan fingerprint density at radius 1 is 0.643 bits per heavy atom. The average molecular weight is 389 g/mol. The van der Waals surface area contributed by atoms with Gasteiger partial charge in [0.2, 0.25) is 0 Å². The van der Waals surface area contributed by atoms with Crippen LogP contribution >= 0.6 is 0 Å². The normalized spacial score (nSPS) is 13.6. The molecule has 0 saturated carbocycles. The summed E-state index contributed by atoms with van der Waals surface area (Å²) in [5.41, 5.74) is 4.44. The van der Waals surface area contributed by atoms with E-state index in [-0.39, 0.29) is 0 Å². The maximum atomic E-state index is 2.42. The molecule has 1 unspecified atom stereocenters. The highest BCUT2D eigenvalue weighted by Crippen LogP contribution is 2.28. The van der Waals surface area contributed by atoms with Crippen LogP contribution in [0.15, 0.2) is 18.2 Å². The fourth-order valence-corrected chi connectivity index (χ4v) is 4.42. The van der Waals surface area contributed by atoms with E-state index in [0.717, 1.165) is 4.48 Å². The molecule has 0 amide bonds. The zero-order chi connectivity index (χ0) is 20.7. The third-order valence-electron chi connectivity index (χ3n) is 6.86. The molecule has 0 fully saturated rings. The first kappa shape index (κ1) is 25.2. The summed E-state index contributed by atoms with van der Waals surface area (Å²) in [5.74, 6) is 0. The maximum Gasteiger partial charge on any atom is 0.135 e. The first-order valence-electron chi connectivity index (χ1n) is 12.5. The van der Waals surface area contributed by atoms with Crippen molar-refractivity contribution >= 4 is 5.69 Å². The number of hydrogen-bond donors (Lipinski definition) is 0. The van der Waals surface area contributed by atoms with Crippen LogP contribution in [0.1, 0.15) is 115 Å². The molecule has 0 heterocycles. The summed E-state index contributed by atoms with van der Waals surface area (Å²) < 4.78 is 1.09. The lowest BCUT2D eigenvalue weighted by molar-refractivity contribution is 0.333. The lowest BCUT2D eigenvalue weighted by Gasteiger charge is -2.34. The topological polar surface area (TPSA) is 0 Å². The van der Waals surface area contributed by atoms with Crippen LogP contribution in [0.2, 0.25) is 0 Å². The zero-order valence-electron chi connectivity index (χ0n) is 20.0. The smallest absolute Gasteiger partial charge is 0.135 e. The van der Waals surface area contributed by atoms with Crippen LogP contribution in [0, 0.1) is 13.8 Å². The predicted octanol–water partition coefficient (Wildman–Crippen LogP) is 8.74. The van der Waals surface area contributed by atoms with E-state index in [2.05, 4.69) is 52.9 Å². The Labute approximate surface area is 177 Å². The molecule has 0 N–H and O–H groups in total. The molecule has 1 rings (SSSR count). The molecule has 0 bridgehead atoms. The number of unbranched alkanes of at least 4 members (excludes halogenated alkanes) is 13. The summed E-state index contributed by atoms with van der Waals surface area (Å²) in [5, 5.41) is 0. The summed E-state index contributed by atoms with van der Waals surface area (Å²) >= 11 is 0. The van der Waals surface area contributed by atoms with Gasteiger partial charge in [0.1, 0.15) is 5.69 Å². The Balaban J connectivity index is 2.08. The van der Waals surface area contributed by atoms with Crippen molar-refractivity contribution in [2.75, 3.05) is 20.1 Å². The number of hydrogen-bond acceptors (Lipinski definition) is 0. The van der Waals surface area contributed by atoms with Crippen molar-refractivity contribution in [3.05, 3.63) is 29.3 Å². The molecule has 0 aromatic heterocycles. The minimum atomic E-state index is 1.09. The van der Waals surface area contributed by atoms with Crippen LogP contribution in [0.4, 0.5) is 5.69 Å². The third-order valence-corrected chi connectivity index (χ3v) is 6.86. The quantitative estimate of drug-likeness (QED) is 0.185. The van der Waals surface area contributed by atoms with E-state index >= 15 is 0 Å². The van der Waals surface area contributed by atoms with Crippen molar-refractivity contribution < 1.29 is 0 Å². The molecule has 0 aliphatic carbocycles. The van der Waals surface area contributed by atoms with E-state index in [1.165, 1.54) is 120 Å². The fraction of sp³-hybridized carbons (Fsp3) is 0.778. The minimum absolute atomic E-state index is 1.09. The van der Waals surface area contributed by atoms with Gasteiger partial charge in [0, 0.05) is 5.56 Å². The SMILES string of the molecule is CCCCCCCCCCCCCCCC[N+](C)(CC)c1cccc(C)c1C. The van der Waals surface area contributed by atoms with Crippen molar-refractivity contribution in [3.63, 3.8) is 0 Å². The predicted molar refractivity (Wildman–Crippen MR) is 129 cm³/mol. The van der Waals surface area contributed by atoms with Crippen LogP contribution in [0.3, 0.4) is 0 Å². The molecule has 1 aromatic carbocycles. The summed E-state index contributed by atoms with van der Waals surface area (Å²) in [6, 6.07) is 6.82. The van der Waals surface area contributed by atoms with Gasteiger partial charge in [-0.05, 0) is 45.2 Å². The maximum absolute atomic E-state index is 2.42. The van der Waals surface area contributed by atoms with Crippen LogP contribution in [0.25, 0.3) is 0 Å². The molecule has 0 aliphatic rings. The van der Waals surface area contributed by atoms with E-state index < -0.39 is 0 Å². The second-order valence-corrected chi connectivity index (χ2v) is 9.25. The van der Waals surface area contributed by atoms with Crippen LogP contribution in [-0.2, 0) is 0 Å². The molecule has 1 nitrogen and oxygen atoms in total. The van der Waals surface area contributed by atoms with Gasteiger partial charge in [0.05, 0.1) is 20.1 Å². The Bertz CT molecular complexity index is 507. The lowest BCUT2D eigenvalue weighted by Crippen LogP contribution is -2.46. The molecule has 1 aromatic rings. The van der Waals surface area contributed by atoms with Crippen LogP contribution in [0.5, 0.6) is 0 Å². The highest BCUT2D eigenvalue weighted by molar-refractivity contribution is 5.52. The molecule has 0 spiro atoms. The first-order valence-corrected chi connectivity index (χ1v) is 12.5. The molecular formula is C27H50N+.